The second-order valence-corrected chi connectivity index (χ2v) is 6.61. The van der Waals surface area contributed by atoms with E-state index in [4.69, 9.17) is 0 Å². The normalized spacial score (nSPS) is 11.6. The van der Waals surface area contributed by atoms with E-state index >= 15 is 0 Å². The molecular formula is C19H15F4N3S. The predicted molar refractivity (Wildman–Crippen MR) is 96.6 cm³/mol. The zero-order valence-electron chi connectivity index (χ0n) is 14.1. The summed E-state index contributed by atoms with van der Waals surface area (Å²) in [6, 6.07) is 11.3. The number of alkyl halides is 3. The number of halogens is 4. The molecule has 0 fully saturated rings. The molecular weight excluding hydrogens is 378 g/mol. The molecule has 1 heterocycles. The Morgan fingerprint density at radius 3 is 2.56 bits per heavy atom. The molecule has 8 heteroatoms. The van der Waals surface area contributed by atoms with E-state index in [0.29, 0.717) is 28.7 Å². The Bertz CT molecular complexity index is 950. The van der Waals surface area contributed by atoms with Crippen molar-refractivity contribution >= 4 is 11.8 Å². The van der Waals surface area contributed by atoms with Crippen molar-refractivity contribution in [3.8, 4) is 11.4 Å². The van der Waals surface area contributed by atoms with Gasteiger partial charge in [0.05, 0.1) is 11.1 Å². The standard InChI is InChI=1S/C19H15F4N3S/c1-2-10-26-17(15-8-3-4-9-16(15)20)24-25-18(26)27-12-13-6-5-7-14(11-13)19(21,22)23/h2-9,11H,1,10,12H2. The Labute approximate surface area is 157 Å². The van der Waals surface area contributed by atoms with Gasteiger partial charge in [0, 0.05) is 12.3 Å². The molecule has 1 aromatic heterocycles. The number of aromatic nitrogens is 3. The fourth-order valence-corrected chi connectivity index (χ4v) is 3.41. The average Bonchev–Trinajstić information content (AvgIpc) is 3.03. The van der Waals surface area contributed by atoms with Crippen molar-refractivity contribution in [3.63, 3.8) is 0 Å². The van der Waals surface area contributed by atoms with Crippen LogP contribution in [0.15, 0.2) is 66.3 Å². The number of rotatable bonds is 6. The third kappa shape index (κ3) is 4.39. The van der Waals surface area contributed by atoms with Gasteiger partial charge in [-0.15, -0.1) is 16.8 Å². The molecule has 0 saturated carbocycles. The highest BCUT2D eigenvalue weighted by Gasteiger charge is 2.30. The maximum atomic E-state index is 14.1. The highest BCUT2D eigenvalue weighted by atomic mass is 32.2. The van der Waals surface area contributed by atoms with Crippen LogP contribution in [0.3, 0.4) is 0 Å². The summed E-state index contributed by atoms with van der Waals surface area (Å²) in [6.45, 7) is 4.04. The van der Waals surface area contributed by atoms with Crippen LogP contribution in [0.25, 0.3) is 11.4 Å². The van der Waals surface area contributed by atoms with Crippen LogP contribution in [0.2, 0.25) is 0 Å². The van der Waals surface area contributed by atoms with Gasteiger partial charge in [0.1, 0.15) is 5.82 Å². The van der Waals surface area contributed by atoms with Gasteiger partial charge in [-0.3, -0.25) is 4.57 Å². The van der Waals surface area contributed by atoms with Crippen LogP contribution in [-0.2, 0) is 18.5 Å². The Morgan fingerprint density at radius 1 is 1.07 bits per heavy atom. The molecule has 0 N–H and O–H groups in total. The van der Waals surface area contributed by atoms with Crippen LogP contribution in [0.5, 0.6) is 0 Å². The maximum Gasteiger partial charge on any atom is 0.416 e. The summed E-state index contributed by atoms with van der Waals surface area (Å²) in [6.07, 6.45) is -2.76. The zero-order valence-corrected chi connectivity index (χ0v) is 14.9. The number of hydrogen-bond donors (Lipinski definition) is 0. The highest BCUT2D eigenvalue weighted by Crippen LogP contribution is 2.32. The van der Waals surface area contributed by atoms with Crippen LogP contribution < -0.4 is 0 Å². The lowest BCUT2D eigenvalue weighted by atomic mass is 10.1. The van der Waals surface area contributed by atoms with Crippen LogP contribution in [0, 0.1) is 5.82 Å². The monoisotopic (exact) mass is 393 g/mol. The molecule has 0 aliphatic carbocycles. The average molecular weight is 393 g/mol. The number of thioether (sulfide) groups is 1. The van der Waals surface area contributed by atoms with Gasteiger partial charge in [-0.25, -0.2) is 4.39 Å². The number of benzene rings is 2. The van der Waals surface area contributed by atoms with Gasteiger partial charge in [-0.05, 0) is 23.8 Å². The first-order chi connectivity index (χ1) is 12.9. The summed E-state index contributed by atoms with van der Waals surface area (Å²) in [5, 5.41) is 8.61. The molecule has 0 saturated heterocycles. The fraction of sp³-hybridized carbons (Fsp3) is 0.158. The van der Waals surface area contributed by atoms with E-state index in [1.54, 1.807) is 34.9 Å². The number of hydrogen-bond acceptors (Lipinski definition) is 3. The van der Waals surface area contributed by atoms with Gasteiger partial charge in [-0.1, -0.05) is 48.2 Å². The Morgan fingerprint density at radius 2 is 1.85 bits per heavy atom. The van der Waals surface area contributed by atoms with E-state index in [2.05, 4.69) is 16.8 Å². The first-order valence-electron chi connectivity index (χ1n) is 7.98. The predicted octanol–water partition coefficient (Wildman–Crippen LogP) is 5.58. The summed E-state index contributed by atoms with van der Waals surface area (Å²) in [5.74, 6) is 0.195. The topological polar surface area (TPSA) is 30.7 Å². The van der Waals surface area contributed by atoms with Crippen molar-refractivity contribution in [2.24, 2.45) is 0 Å². The van der Waals surface area contributed by atoms with Gasteiger partial charge in [0.2, 0.25) is 0 Å². The van der Waals surface area contributed by atoms with Crippen molar-refractivity contribution in [1.29, 1.82) is 0 Å². The molecule has 0 aliphatic rings. The molecule has 140 valence electrons. The summed E-state index contributed by atoms with van der Waals surface area (Å²) in [4.78, 5) is 0. The van der Waals surface area contributed by atoms with Crippen molar-refractivity contribution in [2.75, 3.05) is 0 Å². The van der Waals surface area contributed by atoms with E-state index in [1.807, 2.05) is 0 Å². The molecule has 3 aromatic rings. The van der Waals surface area contributed by atoms with Gasteiger partial charge in [0.15, 0.2) is 11.0 Å². The van der Waals surface area contributed by atoms with Crippen LogP contribution in [0.4, 0.5) is 17.6 Å². The Balaban J connectivity index is 1.86. The lowest BCUT2D eigenvalue weighted by molar-refractivity contribution is -0.137. The molecule has 3 nitrogen and oxygen atoms in total. The molecule has 0 aliphatic heterocycles. The highest BCUT2D eigenvalue weighted by molar-refractivity contribution is 7.98. The quantitative estimate of drug-likeness (QED) is 0.311. The van der Waals surface area contributed by atoms with E-state index < -0.39 is 17.6 Å². The molecule has 0 atom stereocenters. The van der Waals surface area contributed by atoms with Gasteiger partial charge >= 0.3 is 6.18 Å². The van der Waals surface area contributed by atoms with E-state index in [1.165, 1.54) is 23.9 Å². The van der Waals surface area contributed by atoms with Crippen LogP contribution in [0.1, 0.15) is 11.1 Å². The molecule has 0 spiro atoms. The summed E-state index contributed by atoms with van der Waals surface area (Å²) in [7, 11) is 0. The van der Waals surface area contributed by atoms with Gasteiger partial charge < -0.3 is 0 Å². The third-order valence-corrected chi connectivity index (χ3v) is 4.80. The molecule has 0 amide bonds. The Hall–Kier alpha value is -2.61. The van der Waals surface area contributed by atoms with Crippen molar-refractivity contribution in [3.05, 3.63) is 78.1 Å². The third-order valence-electron chi connectivity index (χ3n) is 3.77. The van der Waals surface area contributed by atoms with E-state index in [9.17, 15) is 17.6 Å². The maximum absolute atomic E-state index is 14.1. The minimum absolute atomic E-state index is 0.274. The molecule has 0 bridgehead atoms. The first kappa shape index (κ1) is 19.2. The van der Waals surface area contributed by atoms with Gasteiger partial charge in [-0.2, -0.15) is 13.2 Å². The van der Waals surface area contributed by atoms with Crippen LogP contribution in [-0.4, -0.2) is 14.8 Å². The molecule has 3 rings (SSSR count). The van der Waals surface area contributed by atoms with Crippen molar-refractivity contribution in [1.82, 2.24) is 14.8 Å². The summed E-state index contributed by atoms with van der Waals surface area (Å²) >= 11 is 1.23. The summed E-state index contributed by atoms with van der Waals surface area (Å²) in [5.41, 5.74) is 0.119. The van der Waals surface area contributed by atoms with Gasteiger partial charge in [0.25, 0.3) is 0 Å². The SMILES string of the molecule is C=CCn1c(SCc2cccc(C(F)(F)F)c2)nnc1-c1ccccc1F. The first-order valence-corrected chi connectivity index (χ1v) is 8.96. The lowest BCUT2D eigenvalue weighted by Crippen LogP contribution is -2.05. The molecule has 27 heavy (non-hydrogen) atoms. The minimum Gasteiger partial charge on any atom is -0.298 e. The van der Waals surface area contributed by atoms with Crippen LogP contribution >= 0.6 is 11.8 Å². The number of nitrogens with zero attached hydrogens (tertiary/aromatic N) is 3. The van der Waals surface area contributed by atoms with E-state index in [0.717, 1.165) is 12.1 Å². The largest absolute Gasteiger partial charge is 0.416 e. The number of allylic oxidation sites excluding steroid dienone is 1. The molecule has 0 unspecified atom stereocenters. The second-order valence-electron chi connectivity index (χ2n) is 5.67. The minimum atomic E-state index is -4.39. The summed E-state index contributed by atoms with van der Waals surface area (Å²) < 4.78 is 54.3. The zero-order chi connectivity index (χ0) is 19.4. The fourth-order valence-electron chi connectivity index (χ4n) is 2.52. The van der Waals surface area contributed by atoms with E-state index in [-0.39, 0.29) is 5.75 Å². The smallest absolute Gasteiger partial charge is 0.298 e. The van der Waals surface area contributed by atoms with Crippen molar-refractivity contribution in [2.45, 2.75) is 23.6 Å². The lowest BCUT2D eigenvalue weighted by Gasteiger charge is -2.10. The molecule has 0 radical (unpaired) electrons. The second kappa shape index (κ2) is 7.96. The Kier molecular flexibility index (Phi) is 5.65. The molecule has 2 aromatic carbocycles. The van der Waals surface area contributed by atoms with Crippen molar-refractivity contribution < 1.29 is 17.6 Å².